The number of nitrogens with one attached hydrogen (secondary N) is 2. The zero-order valence-corrected chi connectivity index (χ0v) is 17.1. The summed E-state index contributed by atoms with van der Waals surface area (Å²) in [6.07, 6.45) is 1.23. The Morgan fingerprint density at radius 3 is 2.83 bits per heavy atom. The van der Waals surface area contributed by atoms with Crippen LogP contribution in [0.4, 0.5) is 10.8 Å². The monoisotopic (exact) mass is 429 g/mol. The van der Waals surface area contributed by atoms with E-state index in [1.807, 2.05) is 36.4 Å². The Bertz CT molecular complexity index is 1130. The summed E-state index contributed by atoms with van der Waals surface area (Å²) < 4.78 is 32.6. The number of fused-ring (bicyclic) bond motifs is 1. The van der Waals surface area contributed by atoms with E-state index in [1.165, 1.54) is 11.3 Å². The third-order valence-corrected chi connectivity index (χ3v) is 6.59. The van der Waals surface area contributed by atoms with Gasteiger partial charge in [-0.25, -0.2) is 13.4 Å². The fourth-order valence-corrected chi connectivity index (χ4v) is 5.07. The molecule has 1 amide bonds. The van der Waals surface area contributed by atoms with E-state index < -0.39 is 10.0 Å². The highest BCUT2D eigenvalue weighted by Gasteiger charge is 2.18. The summed E-state index contributed by atoms with van der Waals surface area (Å²) in [5, 5.41) is 4.84. The van der Waals surface area contributed by atoms with Crippen molar-refractivity contribution >= 4 is 38.1 Å². The first-order chi connectivity index (χ1) is 14.0. The number of rotatable bonds is 7. The van der Waals surface area contributed by atoms with Crippen LogP contribution >= 0.6 is 11.3 Å². The maximum atomic E-state index is 12.4. The molecule has 4 rings (SSSR count). The molecule has 1 aliphatic heterocycles. The third-order valence-electron chi connectivity index (χ3n) is 4.38. The molecule has 0 unspecified atom stereocenters. The van der Waals surface area contributed by atoms with Gasteiger partial charge in [-0.1, -0.05) is 30.3 Å². The Balaban J connectivity index is 1.40. The molecule has 2 heterocycles. The van der Waals surface area contributed by atoms with Crippen molar-refractivity contribution in [2.24, 2.45) is 0 Å². The zero-order valence-electron chi connectivity index (χ0n) is 15.4. The number of benzene rings is 2. The van der Waals surface area contributed by atoms with E-state index in [0.29, 0.717) is 35.1 Å². The van der Waals surface area contributed by atoms with E-state index in [1.54, 1.807) is 17.5 Å². The number of carbonyl (C=O) groups excluding carboxylic acids is 1. The quantitative estimate of drug-likeness (QED) is 0.599. The summed E-state index contributed by atoms with van der Waals surface area (Å²) in [7, 11) is -3.47. The number of carbonyl (C=O) groups is 1. The number of hydrogen-bond donors (Lipinski definition) is 2. The van der Waals surface area contributed by atoms with Gasteiger partial charge in [0, 0.05) is 10.9 Å². The maximum absolute atomic E-state index is 12.4. The minimum atomic E-state index is -3.47. The molecule has 0 aliphatic carbocycles. The predicted octanol–water partition coefficient (Wildman–Crippen LogP) is 3.52. The summed E-state index contributed by atoms with van der Waals surface area (Å²) >= 11 is 1.22. The number of amides is 1. The highest BCUT2D eigenvalue weighted by Crippen LogP contribution is 2.33. The van der Waals surface area contributed by atoms with Gasteiger partial charge >= 0.3 is 0 Å². The lowest BCUT2D eigenvalue weighted by Gasteiger charge is -2.18. The number of sulfonamides is 1. The number of anilines is 2. The van der Waals surface area contributed by atoms with E-state index in [-0.39, 0.29) is 18.3 Å². The SMILES string of the molecule is O=C1COc2ccc(-c3csc(NS(=O)(=O)CCCc4ccccc4)n3)cc2N1. The molecule has 0 spiro atoms. The average molecular weight is 430 g/mol. The van der Waals surface area contributed by atoms with Crippen LogP contribution in [0.5, 0.6) is 5.75 Å². The summed E-state index contributed by atoms with van der Waals surface area (Å²) in [5.41, 5.74) is 3.08. The van der Waals surface area contributed by atoms with Crippen LogP contribution in [0.2, 0.25) is 0 Å². The highest BCUT2D eigenvalue weighted by atomic mass is 32.2. The molecule has 7 nitrogen and oxygen atoms in total. The average Bonchev–Trinajstić information content (AvgIpc) is 3.15. The fraction of sp³-hybridized carbons (Fsp3) is 0.200. The van der Waals surface area contributed by atoms with Gasteiger partial charge in [0.15, 0.2) is 11.7 Å². The number of aryl methyl sites for hydroxylation is 1. The van der Waals surface area contributed by atoms with Crippen LogP contribution in [0.25, 0.3) is 11.3 Å². The molecule has 0 radical (unpaired) electrons. The van der Waals surface area contributed by atoms with Gasteiger partial charge in [0.05, 0.1) is 17.1 Å². The molecule has 0 atom stereocenters. The number of aromatic nitrogens is 1. The van der Waals surface area contributed by atoms with Crippen LogP contribution in [-0.4, -0.2) is 31.7 Å². The van der Waals surface area contributed by atoms with Crippen molar-refractivity contribution in [3.05, 3.63) is 59.5 Å². The van der Waals surface area contributed by atoms with Crippen LogP contribution in [0.15, 0.2) is 53.9 Å². The standard InChI is InChI=1S/C20H19N3O4S2/c24-19-12-27-18-9-8-15(11-16(18)21-19)17-13-28-20(22-17)23-29(25,26)10-4-7-14-5-2-1-3-6-14/h1-3,5-6,8-9,11,13H,4,7,10,12H2,(H,21,24)(H,22,23). The maximum Gasteiger partial charge on any atom is 0.262 e. The minimum absolute atomic E-state index is 0.000746. The molecule has 9 heteroatoms. The van der Waals surface area contributed by atoms with Gasteiger partial charge in [0.25, 0.3) is 5.91 Å². The molecule has 2 aromatic carbocycles. The topological polar surface area (TPSA) is 97.4 Å². The number of nitrogens with zero attached hydrogens (tertiary/aromatic N) is 1. The van der Waals surface area contributed by atoms with Crippen molar-refractivity contribution in [1.29, 1.82) is 0 Å². The van der Waals surface area contributed by atoms with Crippen LogP contribution in [0.1, 0.15) is 12.0 Å². The first-order valence-electron chi connectivity index (χ1n) is 9.05. The van der Waals surface area contributed by atoms with E-state index in [0.717, 1.165) is 11.1 Å². The molecule has 0 saturated heterocycles. The third kappa shape index (κ3) is 4.93. The lowest BCUT2D eigenvalue weighted by atomic mass is 10.1. The minimum Gasteiger partial charge on any atom is -0.482 e. The highest BCUT2D eigenvalue weighted by molar-refractivity contribution is 7.92. The Hall–Kier alpha value is -2.91. The number of ether oxygens (including phenoxy) is 1. The van der Waals surface area contributed by atoms with Crippen molar-refractivity contribution in [3.8, 4) is 17.0 Å². The second-order valence-electron chi connectivity index (χ2n) is 6.60. The molecular formula is C20H19N3O4S2. The molecule has 150 valence electrons. The van der Waals surface area contributed by atoms with Crippen LogP contribution in [0.3, 0.4) is 0 Å². The second kappa shape index (κ2) is 8.22. The molecule has 0 bridgehead atoms. The van der Waals surface area contributed by atoms with Gasteiger partial charge < -0.3 is 10.1 Å². The summed E-state index contributed by atoms with van der Waals surface area (Å²) in [6, 6.07) is 15.1. The molecule has 0 fully saturated rings. The van der Waals surface area contributed by atoms with Gasteiger partial charge in [-0.15, -0.1) is 11.3 Å². The van der Waals surface area contributed by atoms with E-state index in [2.05, 4.69) is 15.0 Å². The van der Waals surface area contributed by atoms with Gasteiger partial charge in [-0.3, -0.25) is 9.52 Å². The number of thiazole rings is 1. The first-order valence-corrected chi connectivity index (χ1v) is 11.6. The molecule has 3 aromatic rings. The Morgan fingerprint density at radius 1 is 1.17 bits per heavy atom. The molecular weight excluding hydrogens is 410 g/mol. The molecule has 2 N–H and O–H groups in total. The normalized spacial score (nSPS) is 13.3. The van der Waals surface area contributed by atoms with Gasteiger partial charge in [0.1, 0.15) is 5.75 Å². The van der Waals surface area contributed by atoms with Crippen LogP contribution < -0.4 is 14.8 Å². The van der Waals surface area contributed by atoms with Crippen molar-refractivity contribution in [3.63, 3.8) is 0 Å². The second-order valence-corrected chi connectivity index (χ2v) is 9.30. The van der Waals surface area contributed by atoms with Gasteiger partial charge in [-0.2, -0.15) is 0 Å². The van der Waals surface area contributed by atoms with Crippen molar-refractivity contribution in [2.45, 2.75) is 12.8 Å². The lowest BCUT2D eigenvalue weighted by Crippen LogP contribution is -2.25. The number of hydrogen-bond acceptors (Lipinski definition) is 6. The largest absolute Gasteiger partial charge is 0.482 e. The van der Waals surface area contributed by atoms with Crippen LogP contribution in [-0.2, 0) is 21.2 Å². The Kier molecular flexibility index (Phi) is 5.50. The van der Waals surface area contributed by atoms with Crippen molar-refractivity contribution in [1.82, 2.24) is 4.98 Å². The summed E-state index contributed by atoms with van der Waals surface area (Å²) in [5.74, 6) is 0.416. The molecule has 1 aliphatic rings. The summed E-state index contributed by atoms with van der Waals surface area (Å²) in [4.78, 5) is 15.9. The smallest absolute Gasteiger partial charge is 0.262 e. The molecule has 29 heavy (non-hydrogen) atoms. The predicted molar refractivity (Wildman–Crippen MR) is 114 cm³/mol. The van der Waals surface area contributed by atoms with Gasteiger partial charge in [0.2, 0.25) is 10.0 Å². The van der Waals surface area contributed by atoms with Gasteiger partial charge in [-0.05, 0) is 36.6 Å². The Morgan fingerprint density at radius 2 is 2.00 bits per heavy atom. The van der Waals surface area contributed by atoms with E-state index >= 15 is 0 Å². The first kappa shape index (κ1) is 19.4. The summed E-state index contributed by atoms with van der Waals surface area (Å²) in [6.45, 7) is -0.000746. The lowest BCUT2D eigenvalue weighted by molar-refractivity contribution is -0.118. The fourth-order valence-electron chi connectivity index (χ4n) is 2.99. The zero-order chi connectivity index (χ0) is 20.3. The Labute approximate surface area is 172 Å². The van der Waals surface area contributed by atoms with E-state index in [4.69, 9.17) is 4.74 Å². The molecule has 0 saturated carbocycles. The van der Waals surface area contributed by atoms with Crippen LogP contribution in [0, 0.1) is 0 Å². The van der Waals surface area contributed by atoms with Crippen molar-refractivity contribution < 1.29 is 17.9 Å². The van der Waals surface area contributed by atoms with E-state index in [9.17, 15) is 13.2 Å². The van der Waals surface area contributed by atoms with Crippen molar-refractivity contribution in [2.75, 3.05) is 22.4 Å². The molecule has 1 aromatic heterocycles.